The van der Waals surface area contributed by atoms with Crippen molar-refractivity contribution in [1.29, 1.82) is 0 Å². The number of halogens is 1. The fourth-order valence-corrected chi connectivity index (χ4v) is 2.47. The van der Waals surface area contributed by atoms with Gasteiger partial charge in [0.25, 0.3) is 0 Å². The van der Waals surface area contributed by atoms with Gasteiger partial charge in [0.05, 0.1) is 18.8 Å². The molecule has 5 nitrogen and oxygen atoms in total. The summed E-state index contributed by atoms with van der Waals surface area (Å²) >= 11 is 0. The van der Waals surface area contributed by atoms with Crippen LogP contribution >= 0.6 is 0 Å². The van der Waals surface area contributed by atoms with Crippen LogP contribution in [0.4, 0.5) is 4.39 Å². The van der Waals surface area contributed by atoms with Gasteiger partial charge in [-0.05, 0) is 45.4 Å². The van der Waals surface area contributed by atoms with Crippen LogP contribution in [0, 0.1) is 5.82 Å². The maximum absolute atomic E-state index is 13.2. The largest absolute Gasteiger partial charge is 0.383 e. The first kappa shape index (κ1) is 18.6. The molecule has 0 unspecified atom stereocenters. The topological polar surface area (TPSA) is 33.5 Å². The molecule has 24 heavy (non-hydrogen) atoms. The molecule has 132 valence electrons. The van der Waals surface area contributed by atoms with E-state index in [1.807, 2.05) is 4.68 Å². The van der Waals surface area contributed by atoms with E-state index in [0.717, 1.165) is 36.5 Å². The van der Waals surface area contributed by atoms with Crippen LogP contribution in [0.5, 0.6) is 0 Å². The second-order valence-corrected chi connectivity index (χ2v) is 6.31. The zero-order valence-electron chi connectivity index (χ0n) is 15.0. The summed E-state index contributed by atoms with van der Waals surface area (Å²) in [5.41, 5.74) is 2.98. The van der Waals surface area contributed by atoms with Crippen LogP contribution in [0.3, 0.4) is 0 Å². The Morgan fingerprint density at radius 1 is 1.12 bits per heavy atom. The van der Waals surface area contributed by atoms with E-state index >= 15 is 0 Å². The van der Waals surface area contributed by atoms with Crippen molar-refractivity contribution in [2.45, 2.75) is 13.1 Å². The van der Waals surface area contributed by atoms with Crippen molar-refractivity contribution >= 4 is 0 Å². The molecule has 0 spiro atoms. The van der Waals surface area contributed by atoms with E-state index in [2.05, 4.69) is 42.2 Å². The Kier molecular flexibility index (Phi) is 6.90. The highest BCUT2D eigenvalue weighted by Crippen LogP contribution is 2.23. The molecule has 1 aromatic carbocycles. The number of aromatic nitrogens is 2. The maximum atomic E-state index is 13.2. The molecule has 0 amide bonds. The van der Waals surface area contributed by atoms with Crippen LogP contribution in [-0.4, -0.2) is 67.5 Å². The van der Waals surface area contributed by atoms with E-state index in [1.165, 1.54) is 12.1 Å². The van der Waals surface area contributed by atoms with Gasteiger partial charge < -0.3 is 14.5 Å². The SMILES string of the molecule is COCCn1cc(CN(C)CCN(C)C)c(-c2ccc(F)cc2)n1. The lowest BCUT2D eigenvalue weighted by molar-refractivity contribution is 0.183. The Labute approximate surface area is 143 Å². The predicted octanol–water partition coefficient (Wildman–Crippen LogP) is 2.33. The van der Waals surface area contributed by atoms with E-state index in [4.69, 9.17) is 4.74 Å². The minimum absolute atomic E-state index is 0.234. The van der Waals surface area contributed by atoms with Crippen LogP contribution in [0.15, 0.2) is 30.5 Å². The molecule has 2 aromatic rings. The zero-order chi connectivity index (χ0) is 17.5. The fourth-order valence-electron chi connectivity index (χ4n) is 2.47. The van der Waals surface area contributed by atoms with Gasteiger partial charge in [-0.3, -0.25) is 4.68 Å². The monoisotopic (exact) mass is 334 g/mol. The third-order valence-corrected chi connectivity index (χ3v) is 3.85. The van der Waals surface area contributed by atoms with E-state index in [-0.39, 0.29) is 5.82 Å². The smallest absolute Gasteiger partial charge is 0.123 e. The quantitative estimate of drug-likeness (QED) is 0.705. The highest BCUT2D eigenvalue weighted by atomic mass is 19.1. The maximum Gasteiger partial charge on any atom is 0.123 e. The number of likely N-dealkylation sites (N-methyl/N-ethyl adjacent to an activating group) is 2. The molecule has 1 aromatic heterocycles. The second kappa shape index (κ2) is 8.92. The number of hydrogen-bond acceptors (Lipinski definition) is 4. The molecular formula is C18H27FN4O. The Bertz CT molecular complexity index is 624. The molecule has 0 aliphatic rings. The van der Waals surface area contributed by atoms with Gasteiger partial charge in [-0.25, -0.2) is 4.39 Å². The van der Waals surface area contributed by atoms with Gasteiger partial charge in [-0.2, -0.15) is 5.10 Å². The first-order valence-electron chi connectivity index (χ1n) is 8.14. The summed E-state index contributed by atoms with van der Waals surface area (Å²) in [7, 11) is 7.92. The molecule has 0 N–H and O–H groups in total. The third-order valence-electron chi connectivity index (χ3n) is 3.85. The number of ether oxygens (including phenoxy) is 1. The number of benzene rings is 1. The number of rotatable bonds is 9. The van der Waals surface area contributed by atoms with E-state index < -0.39 is 0 Å². The zero-order valence-corrected chi connectivity index (χ0v) is 15.0. The fraction of sp³-hybridized carbons (Fsp3) is 0.500. The van der Waals surface area contributed by atoms with Crippen molar-refractivity contribution in [3.63, 3.8) is 0 Å². The summed E-state index contributed by atoms with van der Waals surface area (Å²) in [5.74, 6) is -0.234. The number of nitrogens with zero attached hydrogens (tertiary/aromatic N) is 4. The summed E-state index contributed by atoms with van der Waals surface area (Å²) in [4.78, 5) is 4.43. The van der Waals surface area contributed by atoms with Crippen LogP contribution < -0.4 is 0 Å². The Morgan fingerprint density at radius 3 is 2.46 bits per heavy atom. The molecular weight excluding hydrogens is 307 g/mol. The van der Waals surface area contributed by atoms with Gasteiger partial charge in [0.15, 0.2) is 0 Å². The lowest BCUT2D eigenvalue weighted by atomic mass is 10.1. The van der Waals surface area contributed by atoms with E-state index in [9.17, 15) is 4.39 Å². The summed E-state index contributed by atoms with van der Waals surface area (Å²) in [6, 6.07) is 6.51. The van der Waals surface area contributed by atoms with Gasteiger partial charge in [-0.15, -0.1) is 0 Å². The van der Waals surface area contributed by atoms with Crippen LogP contribution in [0.1, 0.15) is 5.56 Å². The molecule has 0 aliphatic heterocycles. The third kappa shape index (κ3) is 5.40. The number of hydrogen-bond donors (Lipinski definition) is 0. The standard InChI is InChI=1S/C18H27FN4O/c1-21(2)9-10-22(3)13-16-14-23(11-12-24-4)20-18(16)15-5-7-17(19)8-6-15/h5-8,14H,9-13H2,1-4H3. The highest BCUT2D eigenvalue weighted by Gasteiger charge is 2.13. The minimum Gasteiger partial charge on any atom is -0.383 e. The van der Waals surface area contributed by atoms with Gasteiger partial charge in [0.2, 0.25) is 0 Å². The Hall–Kier alpha value is -1.76. The van der Waals surface area contributed by atoms with Gasteiger partial charge in [0, 0.05) is 44.1 Å². The van der Waals surface area contributed by atoms with Crippen molar-refractivity contribution < 1.29 is 9.13 Å². The van der Waals surface area contributed by atoms with Crippen molar-refractivity contribution in [3.05, 3.63) is 41.8 Å². The van der Waals surface area contributed by atoms with Crippen molar-refractivity contribution in [2.24, 2.45) is 0 Å². The molecule has 0 radical (unpaired) electrons. The molecule has 0 bridgehead atoms. The highest BCUT2D eigenvalue weighted by molar-refractivity contribution is 5.62. The summed E-state index contributed by atoms with van der Waals surface area (Å²) in [6.45, 7) is 4.08. The van der Waals surface area contributed by atoms with E-state index in [0.29, 0.717) is 13.2 Å². The lowest BCUT2D eigenvalue weighted by Crippen LogP contribution is -2.28. The van der Waals surface area contributed by atoms with Crippen LogP contribution in [-0.2, 0) is 17.8 Å². The lowest BCUT2D eigenvalue weighted by Gasteiger charge is -2.19. The molecule has 0 saturated carbocycles. The number of methoxy groups -OCH3 is 1. The van der Waals surface area contributed by atoms with Crippen LogP contribution in [0.25, 0.3) is 11.3 Å². The first-order valence-corrected chi connectivity index (χ1v) is 8.14. The van der Waals surface area contributed by atoms with Gasteiger partial charge in [0.1, 0.15) is 5.82 Å². The Morgan fingerprint density at radius 2 is 1.83 bits per heavy atom. The van der Waals surface area contributed by atoms with Crippen molar-refractivity contribution in [2.75, 3.05) is 47.9 Å². The predicted molar refractivity (Wildman–Crippen MR) is 94.4 cm³/mol. The normalized spacial score (nSPS) is 11.6. The molecule has 0 fully saturated rings. The Balaban J connectivity index is 2.20. The molecule has 0 atom stereocenters. The summed E-state index contributed by atoms with van der Waals surface area (Å²) in [5, 5.41) is 4.67. The van der Waals surface area contributed by atoms with Crippen molar-refractivity contribution in [3.8, 4) is 11.3 Å². The average Bonchev–Trinajstić information content (AvgIpc) is 2.94. The first-order chi connectivity index (χ1) is 11.5. The van der Waals surface area contributed by atoms with E-state index in [1.54, 1.807) is 19.2 Å². The van der Waals surface area contributed by atoms with Crippen LogP contribution in [0.2, 0.25) is 0 Å². The summed E-state index contributed by atoms with van der Waals surface area (Å²) in [6.07, 6.45) is 2.06. The average molecular weight is 334 g/mol. The molecule has 0 saturated heterocycles. The molecule has 1 heterocycles. The van der Waals surface area contributed by atoms with Gasteiger partial charge in [-0.1, -0.05) is 0 Å². The second-order valence-electron chi connectivity index (χ2n) is 6.31. The minimum atomic E-state index is -0.234. The molecule has 6 heteroatoms. The van der Waals surface area contributed by atoms with Crippen molar-refractivity contribution in [1.82, 2.24) is 19.6 Å². The molecule has 2 rings (SSSR count). The summed E-state index contributed by atoms with van der Waals surface area (Å²) < 4.78 is 20.2. The van der Waals surface area contributed by atoms with Gasteiger partial charge >= 0.3 is 0 Å². The molecule has 0 aliphatic carbocycles.